The van der Waals surface area contributed by atoms with Crippen LogP contribution in [0, 0.1) is 18.3 Å². The highest BCUT2D eigenvalue weighted by Gasteiger charge is 2.21. The lowest BCUT2D eigenvalue weighted by molar-refractivity contribution is 0.0693. The lowest BCUT2D eigenvalue weighted by atomic mass is 10.1. The lowest BCUT2D eigenvalue weighted by Gasteiger charge is -2.09. The van der Waals surface area contributed by atoms with Gasteiger partial charge in [0, 0.05) is 0 Å². The zero-order valence-corrected chi connectivity index (χ0v) is 10.2. The third-order valence-electron chi connectivity index (χ3n) is 2.15. The number of benzene rings is 1. The Kier molecular flexibility index (Phi) is 3.90. The van der Waals surface area contributed by atoms with Crippen molar-refractivity contribution in [1.82, 2.24) is 4.72 Å². The van der Waals surface area contributed by atoms with Gasteiger partial charge in [0.1, 0.15) is 11.3 Å². The number of aromatic hydroxyl groups is 1. The van der Waals surface area contributed by atoms with Crippen LogP contribution in [0.25, 0.3) is 0 Å². The van der Waals surface area contributed by atoms with Crippen molar-refractivity contribution in [3.63, 3.8) is 0 Å². The van der Waals surface area contributed by atoms with Gasteiger partial charge in [-0.2, -0.15) is 9.98 Å². The van der Waals surface area contributed by atoms with E-state index in [0.29, 0.717) is 0 Å². The number of aryl methyl sites for hydroxylation is 1. The molecule has 96 valence electrons. The smallest absolute Gasteiger partial charge is 0.339 e. The van der Waals surface area contributed by atoms with Crippen molar-refractivity contribution < 1.29 is 23.4 Å². The molecule has 0 spiro atoms. The predicted molar refractivity (Wildman–Crippen MR) is 60.6 cm³/mol. The molecule has 7 nitrogen and oxygen atoms in total. The molecule has 0 bridgehead atoms. The van der Waals surface area contributed by atoms with Crippen LogP contribution in [-0.2, 0) is 10.0 Å². The number of hydrogen-bond donors (Lipinski definition) is 3. The largest absolute Gasteiger partial charge is 0.507 e. The number of hydrogen-bond acceptors (Lipinski definition) is 5. The van der Waals surface area contributed by atoms with E-state index < -0.39 is 33.9 Å². The number of carbonyl (C=O) groups is 1. The monoisotopic (exact) mass is 270 g/mol. The zero-order valence-electron chi connectivity index (χ0n) is 9.34. The van der Waals surface area contributed by atoms with Crippen LogP contribution in [0.1, 0.15) is 15.9 Å². The number of sulfonamides is 1. The molecule has 0 heterocycles. The number of nitriles is 1. The second kappa shape index (κ2) is 5.03. The minimum Gasteiger partial charge on any atom is -0.507 e. The molecule has 1 aromatic carbocycles. The molecule has 1 aromatic rings. The standard InChI is InChI=1S/C10H10N2O5S/c1-6-4-8(13)7(10(14)15)5-9(6)18(16,17)12-3-2-11/h4-5,12-13H,3H2,1H3,(H,14,15). The first kappa shape index (κ1) is 14.0. The third-order valence-corrected chi connectivity index (χ3v) is 3.70. The van der Waals surface area contributed by atoms with E-state index in [2.05, 4.69) is 0 Å². The highest BCUT2D eigenvalue weighted by Crippen LogP contribution is 2.25. The predicted octanol–water partition coefficient (Wildman–Crippen LogP) is 0.201. The third kappa shape index (κ3) is 2.77. The molecule has 0 saturated heterocycles. The molecule has 0 aromatic heterocycles. The van der Waals surface area contributed by atoms with Crippen molar-refractivity contribution in [2.75, 3.05) is 6.54 Å². The lowest BCUT2D eigenvalue weighted by Crippen LogP contribution is -2.25. The average molecular weight is 270 g/mol. The first-order chi connectivity index (χ1) is 8.29. The van der Waals surface area contributed by atoms with E-state index in [1.165, 1.54) is 6.92 Å². The quantitative estimate of drug-likeness (QED) is 0.670. The van der Waals surface area contributed by atoms with Crippen LogP contribution in [0.5, 0.6) is 5.75 Å². The van der Waals surface area contributed by atoms with E-state index in [9.17, 15) is 18.3 Å². The van der Waals surface area contributed by atoms with Crippen molar-refractivity contribution in [1.29, 1.82) is 5.26 Å². The minimum absolute atomic E-state index is 0.183. The van der Waals surface area contributed by atoms with Crippen LogP contribution in [0.15, 0.2) is 17.0 Å². The second-order valence-electron chi connectivity index (χ2n) is 3.42. The van der Waals surface area contributed by atoms with Crippen molar-refractivity contribution in [3.8, 4) is 11.8 Å². The van der Waals surface area contributed by atoms with Crippen molar-refractivity contribution in [3.05, 3.63) is 23.3 Å². The molecule has 0 aliphatic heterocycles. The highest BCUT2D eigenvalue weighted by atomic mass is 32.2. The summed E-state index contributed by atoms with van der Waals surface area (Å²) in [6.07, 6.45) is 0. The molecule has 0 saturated carbocycles. The summed E-state index contributed by atoms with van der Waals surface area (Å²) in [5.74, 6) is -1.96. The molecule has 18 heavy (non-hydrogen) atoms. The van der Waals surface area contributed by atoms with E-state index in [0.717, 1.165) is 12.1 Å². The first-order valence-electron chi connectivity index (χ1n) is 4.73. The Morgan fingerprint density at radius 2 is 2.11 bits per heavy atom. The van der Waals surface area contributed by atoms with Gasteiger partial charge in [0.25, 0.3) is 0 Å². The highest BCUT2D eigenvalue weighted by molar-refractivity contribution is 7.89. The van der Waals surface area contributed by atoms with Gasteiger partial charge in [-0.1, -0.05) is 0 Å². The Morgan fingerprint density at radius 3 is 2.61 bits per heavy atom. The van der Waals surface area contributed by atoms with Gasteiger partial charge < -0.3 is 10.2 Å². The van der Waals surface area contributed by atoms with Crippen LogP contribution < -0.4 is 4.72 Å². The molecule has 0 unspecified atom stereocenters. The van der Waals surface area contributed by atoms with Gasteiger partial charge in [0.15, 0.2) is 0 Å². The SMILES string of the molecule is Cc1cc(O)c(C(=O)O)cc1S(=O)(=O)NCC#N. The van der Waals surface area contributed by atoms with Gasteiger partial charge in [-0.15, -0.1) is 0 Å². The molecular formula is C10H10N2O5S. The summed E-state index contributed by atoms with van der Waals surface area (Å²) in [7, 11) is -3.97. The second-order valence-corrected chi connectivity index (χ2v) is 5.16. The maximum Gasteiger partial charge on any atom is 0.339 e. The Morgan fingerprint density at radius 1 is 1.50 bits per heavy atom. The van der Waals surface area contributed by atoms with E-state index in [4.69, 9.17) is 10.4 Å². The van der Waals surface area contributed by atoms with Gasteiger partial charge in [0.2, 0.25) is 10.0 Å². The summed E-state index contributed by atoms with van der Waals surface area (Å²) in [5.41, 5.74) is -0.333. The van der Waals surface area contributed by atoms with Crippen LogP contribution >= 0.6 is 0 Å². The summed E-state index contributed by atoms with van der Waals surface area (Å²) < 4.78 is 25.5. The summed E-state index contributed by atoms with van der Waals surface area (Å²) >= 11 is 0. The van der Waals surface area contributed by atoms with E-state index in [1.807, 2.05) is 4.72 Å². The molecule has 1 rings (SSSR count). The van der Waals surface area contributed by atoms with E-state index in [1.54, 1.807) is 6.07 Å². The van der Waals surface area contributed by atoms with Crippen molar-refractivity contribution in [2.45, 2.75) is 11.8 Å². The maximum absolute atomic E-state index is 11.8. The molecule has 0 radical (unpaired) electrons. The molecule has 0 fully saturated rings. The van der Waals surface area contributed by atoms with Crippen LogP contribution in [0.3, 0.4) is 0 Å². The molecule has 0 atom stereocenters. The number of carboxylic acid groups (broad SMARTS) is 1. The summed E-state index contributed by atoms with van der Waals surface area (Å²) in [6.45, 7) is 0.983. The van der Waals surface area contributed by atoms with Crippen LogP contribution in [0.2, 0.25) is 0 Å². The van der Waals surface area contributed by atoms with Gasteiger partial charge in [-0.25, -0.2) is 13.2 Å². The topological polar surface area (TPSA) is 127 Å². The molecule has 0 aliphatic carbocycles. The Bertz CT molecular complexity index is 630. The fourth-order valence-corrected chi connectivity index (χ4v) is 2.50. The normalized spacial score (nSPS) is 10.9. The Labute approximate surface area is 103 Å². The minimum atomic E-state index is -3.97. The van der Waals surface area contributed by atoms with E-state index in [-0.39, 0.29) is 10.5 Å². The Balaban J connectivity index is 3.38. The van der Waals surface area contributed by atoms with Crippen molar-refractivity contribution >= 4 is 16.0 Å². The van der Waals surface area contributed by atoms with Crippen LogP contribution in [-0.4, -0.2) is 31.1 Å². The number of rotatable bonds is 4. The molecular weight excluding hydrogens is 260 g/mol. The summed E-state index contributed by atoms with van der Waals surface area (Å²) in [4.78, 5) is 10.5. The average Bonchev–Trinajstić information content (AvgIpc) is 2.25. The number of nitrogens with one attached hydrogen (secondary N) is 1. The number of phenols is 1. The maximum atomic E-state index is 11.8. The first-order valence-corrected chi connectivity index (χ1v) is 6.21. The number of carboxylic acids is 1. The van der Waals surface area contributed by atoms with Crippen molar-refractivity contribution in [2.24, 2.45) is 0 Å². The summed E-state index contributed by atoms with van der Waals surface area (Å²) in [5, 5.41) is 26.5. The van der Waals surface area contributed by atoms with Crippen LogP contribution in [0.4, 0.5) is 0 Å². The number of aromatic carboxylic acids is 1. The number of nitrogens with zero attached hydrogens (tertiary/aromatic N) is 1. The van der Waals surface area contributed by atoms with Gasteiger partial charge >= 0.3 is 5.97 Å². The summed E-state index contributed by atoms with van der Waals surface area (Å²) in [6, 6.07) is 3.51. The molecule has 0 aliphatic rings. The Hall–Kier alpha value is -2.11. The van der Waals surface area contributed by atoms with E-state index >= 15 is 0 Å². The van der Waals surface area contributed by atoms with Gasteiger partial charge in [-0.3, -0.25) is 0 Å². The van der Waals surface area contributed by atoms with Gasteiger partial charge in [-0.05, 0) is 24.6 Å². The molecule has 0 amide bonds. The zero-order chi connectivity index (χ0) is 13.9. The fourth-order valence-electron chi connectivity index (χ4n) is 1.34. The molecule has 3 N–H and O–H groups in total. The molecule has 8 heteroatoms. The van der Waals surface area contributed by atoms with Gasteiger partial charge in [0.05, 0.1) is 17.5 Å². The fraction of sp³-hybridized carbons (Fsp3) is 0.200.